The molecule has 2 fully saturated rings. The Balaban J connectivity index is 1.49. The predicted octanol–water partition coefficient (Wildman–Crippen LogP) is 2.35. The van der Waals surface area contributed by atoms with Crippen LogP contribution in [0, 0.1) is 10.1 Å². The van der Waals surface area contributed by atoms with Crippen LogP contribution < -0.4 is 5.32 Å². The highest BCUT2D eigenvalue weighted by Crippen LogP contribution is 2.26. The van der Waals surface area contributed by atoms with Crippen LogP contribution in [0.3, 0.4) is 0 Å². The summed E-state index contributed by atoms with van der Waals surface area (Å²) in [6, 6.07) is 8.39. The molecule has 2 atom stereocenters. The van der Waals surface area contributed by atoms with E-state index in [1.165, 1.54) is 38.8 Å². The maximum Gasteiger partial charge on any atom is 0.272 e. The third kappa shape index (κ3) is 3.41. The molecular weight excluding hydrogens is 266 g/mol. The summed E-state index contributed by atoms with van der Waals surface area (Å²) < 4.78 is 0. The lowest BCUT2D eigenvalue weighted by Gasteiger charge is -2.35. The highest BCUT2D eigenvalue weighted by molar-refractivity contribution is 5.39. The second-order valence-corrected chi connectivity index (χ2v) is 6.14. The van der Waals surface area contributed by atoms with Crippen LogP contribution in [0.4, 0.5) is 5.69 Å². The first-order valence-corrected chi connectivity index (χ1v) is 7.94. The van der Waals surface area contributed by atoms with Crippen LogP contribution in [-0.4, -0.2) is 41.5 Å². The van der Waals surface area contributed by atoms with Gasteiger partial charge in [0.15, 0.2) is 0 Å². The fourth-order valence-electron chi connectivity index (χ4n) is 3.72. The van der Waals surface area contributed by atoms with Gasteiger partial charge in [0.1, 0.15) is 0 Å². The van der Waals surface area contributed by atoms with Crippen molar-refractivity contribution in [3.63, 3.8) is 0 Å². The van der Waals surface area contributed by atoms with Gasteiger partial charge in [-0.3, -0.25) is 10.1 Å². The van der Waals surface area contributed by atoms with E-state index in [1.807, 2.05) is 12.1 Å². The Hall–Kier alpha value is -1.46. The van der Waals surface area contributed by atoms with Gasteiger partial charge in [0.05, 0.1) is 4.92 Å². The van der Waals surface area contributed by atoms with Gasteiger partial charge in [0, 0.05) is 23.7 Å². The molecule has 2 heterocycles. The molecule has 0 amide bonds. The molecule has 0 saturated carbocycles. The number of nitrogens with one attached hydrogen (secondary N) is 1. The second kappa shape index (κ2) is 6.54. The molecule has 21 heavy (non-hydrogen) atoms. The first kappa shape index (κ1) is 14.5. The van der Waals surface area contributed by atoms with Crippen molar-refractivity contribution in [3.8, 4) is 0 Å². The molecule has 3 rings (SSSR count). The van der Waals surface area contributed by atoms with Crippen molar-refractivity contribution in [1.29, 1.82) is 0 Å². The second-order valence-electron chi connectivity index (χ2n) is 6.14. The van der Waals surface area contributed by atoms with E-state index < -0.39 is 0 Å². The molecular formula is C16H23N3O2. The van der Waals surface area contributed by atoms with Gasteiger partial charge in [-0.25, -0.2) is 0 Å². The number of nitrogens with zero attached hydrogens (tertiary/aromatic N) is 2. The normalized spacial score (nSPS) is 25.7. The number of fused-ring (bicyclic) bond motifs is 1. The van der Waals surface area contributed by atoms with E-state index in [2.05, 4.69) is 10.2 Å². The number of piperidine rings is 1. The number of hydrogen-bond acceptors (Lipinski definition) is 4. The molecule has 2 aliphatic rings. The number of nitro groups is 1. The van der Waals surface area contributed by atoms with E-state index in [0.29, 0.717) is 6.04 Å². The van der Waals surface area contributed by atoms with Crippen LogP contribution in [-0.2, 0) is 6.42 Å². The van der Waals surface area contributed by atoms with Crippen LogP contribution in [0.15, 0.2) is 24.3 Å². The molecule has 5 heteroatoms. The molecule has 0 bridgehead atoms. The van der Waals surface area contributed by atoms with Gasteiger partial charge in [0.25, 0.3) is 5.69 Å². The predicted molar refractivity (Wildman–Crippen MR) is 82.4 cm³/mol. The van der Waals surface area contributed by atoms with Gasteiger partial charge in [-0.05, 0) is 51.7 Å². The fraction of sp³-hybridized carbons (Fsp3) is 0.625. The quantitative estimate of drug-likeness (QED) is 0.668. The fourth-order valence-corrected chi connectivity index (χ4v) is 3.72. The van der Waals surface area contributed by atoms with Crippen LogP contribution >= 0.6 is 0 Å². The van der Waals surface area contributed by atoms with Crippen molar-refractivity contribution in [3.05, 3.63) is 39.9 Å². The van der Waals surface area contributed by atoms with Crippen molar-refractivity contribution in [1.82, 2.24) is 10.2 Å². The summed E-state index contributed by atoms with van der Waals surface area (Å²) in [4.78, 5) is 13.3. The molecule has 0 spiro atoms. The summed E-state index contributed by atoms with van der Waals surface area (Å²) in [7, 11) is 0. The van der Waals surface area contributed by atoms with Gasteiger partial charge in [-0.1, -0.05) is 18.2 Å². The zero-order valence-corrected chi connectivity index (χ0v) is 12.3. The third-order valence-electron chi connectivity index (χ3n) is 4.84. The lowest BCUT2D eigenvalue weighted by atomic mass is 9.97. The Bertz CT molecular complexity index is 506. The smallest absolute Gasteiger partial charge is 0.272 e. The summed E-state index contributed by atoms with van der Waals surface area (Å²) >= 11 is 0. The molecule has 1 aromatic rings. The molecule has 2 aliphatic heterocycles. The van der Waals surface area contributed by atoms with Crippen molar-refractivity contribution < 1.29 is 4.92 Å². The van der Waals surface area contributed by atoms with Crippen molar-refractivity contribution in [2.45, 2.75) is 44.2 Å². The topological polar surface area (TPSA) is 58.4 Å². The van der Waals surface area contributed by atoms with Crippen molar-refractivity contribution in [2.75, 3.05) is 19.6 Å². The number of rotatable bonds is 5. The monoisotopic (exact) mass is 289 g/mol. The Morgan fingerprint density at radius 2 is 2.14 bits per heavy atom. The molecule has 0 aromatic heterocycles. The summed E-state index contributed by atoms with van der Waals surface area (Å²) in [5.41, 5.74) is 1.07. The van der Waals surface area contributed by atoms with Gasteiger partial charge in [-0.2, -0.15) is 0 Å². The highest BCUT2D eigenvalue weighted by atomic mass is 16.6. The average Bonchev–Trinajstić information content (AvgIpc) is 2.95. The Morgan fingerprint density at radius 1 is 1.29 bits per heavy atom. The van der Waals surface area contributed by atoms with Gasteiger partial charge in [-0.15, -0.1) is 0 Å². The zero-order valence-electron chi connectivity index (χ0n) is 12.3. The van der Waals surface area contributed by atoms with Gasteiger partial charge >= 0.3 is 0 Å². The third-order valence-corrected chi connectivity index (χ3v) is 4.84. The Kier molecular flexibility index (Phi) is 4.51. The molecule has 1 aromatic carbocycles. The van der Waals surface area contributed by atoms with E-state index in [9.17, 15) is 10.1 Å². The van der Waals surface area contributed by atoms with E-state index in [1.54, 1.807) is 12.1 Å². The maximum atomic E-state index is 11.0. The summed E-state index contributed by atoms with van der Waals surface area (Å²) in [6.45, 7) is 3.30. The molecule has 0 radical (unpaired) electrons. The number of nitro benzene ring substituents is 1. The summed E-state index contributed by atoms with van der Waals surface area (Å²) in [5.74, 6) is 0. The molecule has 2 saturated heterocycles. The van der Waals surface area contributed by atoms with Crippen LogP contribution in [0.1, 0.15) is 31.2 Å². The summed E-state index contributed by atoms with van der Waals surface area (Å²) in [5, 5.41) is 14.6. The van der Waals surface area contributed by atoms with Crippen molar-refractivity contribution >= 4 is 5.69 Å². The van der Waals surface area contributed by atoms with Gasteiger partial charge in [0.2, 0.25) is 0 Å². The van der Waals surface area contributed by atoms with E-state index >= 15 is 0 Å². The number of benzene rings is 1. The highest BCUT2D eigenvalue weighted by Gasteiger charge is 2.31. The molecule has 1 N–H and O–H groups in total. The SMILES string of the molecule is O=[N+]([O-])c1ccccc1CCNC1CCN2CCCC2C1. The van der Waals surface area contributed by atoms with E-state index in [0.717, 1.165) is 24.6 Å². The summed E-state index contributed by atoms with van der Waals surface area (Å²) in [6.07, 6.45) is 5.84. The molecule has 0 aliphatic carbocycles. The molecule has 114 valence electrons. The standard InChI is InChI=1S/C16H23N3O2/c20-19(21)16-6-2-1-4-13(16)7-9-17-14-8-11-18-10-3-5-15(18)12-14/h1-2,4,6,14-15,17H,3,5,7-12H2. The minimum atomic E-state index is -0.285. The van der Waals surface area contributed by atoms with Crippen LogP contribution in [0.25, 0.3) is 0 Å². The first-order chi connectivity index (χ1) is 10.2. The van der Waals surface area contributed by atoms with Crippen molar-refractivity contribution in [2.24, 2.45) is 0 Å². The van der Waals surface area contributed by atoms with Crippen LogP contribution in [0.5, 0.6) is 0 Å². The Labute approximate surface area is 125 Å². The maximum absolute atomic E-state index is 11.0. The van der Waals surface area contributed by atoms with E-state index in [-0.39, 0.29) is 10.6 Å². The number of para-hydroxylation sites is 1. The number of hydrogen-bond donors (Lipinski definition) is 1. The average molecular weight is 289 g/mol. The zero-order chi connectivity index (χ0) is 14.7. The van der Waals surface area contributed by atoms with Crippen LogP contribution in [0.2, 0.25) is 0 Å². The molecule has 5 nitrogen and oxygen atoms in total. The minimum Gasteiger partial charge on any atom is -0.314 e. The minimum absolute atomic E-state index is 0.241. The first-order valence-electron chi connectivity index (χ1n) is 7.94. The largest absolute Gasteiger partial charge is 0.314 e. The Morgan fingerprint density at radius 3 is 3.00 bits per heavy atom. The lowest BCUT2D eigenvalue weighted by molar-refractivity contribution is -0.385. The van der Waals surface area contributed by atoms with Gasteiger partial charge < -0.3 is 10.2 Å². The lowest BCUT2D eigenvalue weighted by Crippen LogP contribution is -2.46. The molecule has 2 unspecified atom stereocenters. The van der Waals surface area contributed by atoms with E-state index in [4.69, 9.17) is 0 Å².